The first-order chi connectivity index (χ1) is 12.4. The van der Waals surface area contributed by atoms with E-state index in [4.69, 9.17) is 4.74 Å². The Morgan fingerprint density at radius 3 is 2.19 bits per heavy atom. The molecular weight excluding hydrogens is 358 g/mol. The largest absolute Gasteiger partial charge is 0.487 e. The summed E-state index contributed by atoms with van der Waals surface area (Å²) in [5.74, 6) is 0.363. The Bertz CT molecular complexity index is 841. The van der Waals surface area contributed by atoms with Crippen molar-refractivity contribution in [1.82, 2.24) is 4.98 Å². The fraction of sp³-hybridized carbons (Fsp3) is 0.333. The van der Waals surface area contributed by atoms with Crippen LogP contribution in [0, 0.1) is 11.3 Å². The Hall–Kier alpha value is -2.73. The van der Waals surface area contributed by atoms with E-state index in [0.717, 1.165) is 12.1 Å². The first-order valence-electron chi connectivity index (χ1n) is 8.16. The number of hydrogen-bond donors (Lipinski definition) is 1. The van der Waals surface area contributed by atoms with Crippen molar-refractivity contribution < 1.29 is 22.9 Å². The van der Waals surface area contributed by atoms with Crippen LogP contribution in [0.4, 0.5) is 24.7 Å². The van der Waals surface area contributed by atoms with Gasteiger partial charge in [0.15, 0.2) is 0 Å². The maximum absolute atomic E-state index is 12.8. The second kappa shape index (κ2) is 7.49. The third-order valence-corrected chi connectivity index (χ3v) is 3.50. The smallest absolute Gasteiger partial charge is 0.416 e. The molecule has 0 atom stereocenters. The van der Waals surface area contributed by atoms with Crippen molar-refractivity contribution in [3.63, 3.8) is 0 Å². The Labute approximate surface area is 156 Å². The first-order valence-corrected chi connectivity index (χ1v) is 8.16. The molecule has 0 aliphatic heterocycles. The molecule has 142 valence electrons. The molecule has 9 heteroatoms. The summed E-state index contributed by atoms with van der Waals surface area (Å²) in [5.41, 5.74) is -1.05. The predicted octanol–water partition coefficient (Wildman–Crippen LogP) is 4.40. The molecule has 0 aliphatic rings. The minimum Gasteiger partial charge on any atom is -0.487 e. The van der Waals surface area contributed by atoms with Gasteiger partial charge in [0, 0.05) is 18.0 Å². The summed E-state index contributed by atoms with van der Waals surface area (Å²) < 4.78 is 44.2. The summed E-state index contributed by atoms with van der Waals surface area (Å²) in [4.78, 5) is 5.42. The lowest BCUT2D eigenvalue weighted by molar-refractivity contribution is -0.137. The van der Waals surface area contributed by atoms with Gasteiger partial charge in [-0.1, -0.05) is 0 Å². The molecule has 0 saturated heterocycles. The fourth-order valence-corrected chi connectivity index (χ4v) is 2.46. The van der Waals surface area contributed by atoms with Gasteiger partial charge in [-0.05, 0) is 51.9 Å². The van der Waals surface area contributed by atoms with Crippen LogP contribution < -0.4 is 9.55 Å². The third kappa shape index (κ3) is 4.92. The van der Waals surface area contributed by atoms with Crippen LogP contribution in [-0.4, -0.2) is 22.7 Å². The summed E-state index contributed by atoms with van der Waals surface area (Å²) in [6, 6.07) is 7.79. The van der Waals surface area contributed by atoms with Crippen LogP contribution in [0.2, 0.25) is 6.82 Å². The Morgan fingerprint density at radius 2 is 1.74 bits per heavy atom. The topological polar surface area (TPSA) is 69.4 Å². The van der Waals surface area contributed by atoms with E-state index in [1.165, 1.54) is 36.0 Å². The molecule has 0 radical (unpaired) electrons. The fourth-order valence-electron chi connectivity index (χ4n) is 2.46. The molecule has 2 rings (SSSR count). The monoisotopic (exact) mass is 377 g/mol. The molecule has 0 aliphatic carbocycles. The van der Waals surface area contributed by atoms with E-state index in [1.807, 2.05) is 26.8 Å². The maximum Gasteiger partial charge on any atom is 0.416 e. The molecule has 5 nitrogen and oxygen atoms in total. The summed E-state index contributed by atoms with van der Waals surface area (Å²) in [5, 5.41) is 19.8. The molecule has 1 N–H and O–H groups in total. The van der Waals surface area contributed by atoms with Gasteiger partial charge in [0.25, 0.3) is 0 Å². The molecule has 0 spiro atoms. The van der Waals surface area contributed by atoms with E-state index in [-0.39, 0.29) is 22.8 Å². The van der Waals surface area contributed by atoms with Crippen molar-refractivity contribution in [3.05, 3.63) is 47.7 Å². The van der Waals surface area contributed by atoms with Crippen LogP contribution in [0.25, 0.3) is 0 Å². The van der Waals surface area contributed by atoms with Gasteiger partial charge in [0.1, 0.15) is 28.8 Å². The number of nitrogens with zero attached hydrogens (tertiary/aromatic N) is 3. The minimum absolute atomic E-state index is 0.0771. The predicted molar refractivity (Wildman–Crippen MR) is 96.8 cm³/mol. The van der Waals surface area contributed by atoms with Crippen LogP contribution >= 0.6 is 0 Å². The van der Waals surface area contributed by atoms with E-state index in [9.17, 15) is 23.5 Å². The van der Waals surface area contributed by atoms with E-state index >= 15 is 0 Å². The number of rotatable bonds is 4. The van der Waals surface area contributed by atoms with E-state index in [2.05, 4.69) is 4.98 Å². The Morgan fingerprint density at radius 1 is 1.15 bits per heavy atom. The number of halogens is 3. The standard InChI is InChI=1S/C18H19BF3N3O2/c1-17(2,3)27-15-9-10-24-16(14(15)11-23)25(19(4)26)13-7-5-12(6-8-13)18(20,21)22/h5-10,26H,1-4H3. The zero-order chi connectivity index (χ0) is 20.4. The second-order valence-corrected chi connectivity index (χ2v) is 6.88. The zero-order valence-corrected chi connectivity index (χ0v) is 15.4. The number of nitriles is 1. The highest BCUT2D eigenvalue weighted by Gasteiger charge is 2.31. The average molecular weight is 377 g/mol. The third-order valence-electron chi connectivity index (χ3n) is 3.50. The van der Waals surface area contributed by atoms with Gasteiger partial charge in [-0.15, -0.1) is 0 Å². The Kier molecular flexibility index (Phi) is 5.71. The van der Waals surface area contributed by atoms with Crippen molar-refractivity contribution >= 4 is 18.6 Å². The summed E-state index contributed by atoms with van der Waals surface area (Å²) in [6.07, 6.45) is -3.05. The molecule has 0 fully saturated rings. The highest BCUT2D eigenvalue weighted by atomic mass is 19.4. The lowest BCUT2D eigenvalue weighted by atomic mass is 9.83. The van der Waals surface area contributed by atoms with Crippen LogP contribution in [-0.2, 0) is 6.18 Å². The van der Waals surface area contributed by atoms with Crippen LogP contribution in [0.1, 0.15) is 31.9 Å². The number of aromatic nitrogens is 1. The van der Waals surface area contributed by atoms with Gasteiger partial charge >= 0.3 is 13.2 Å². The highest BCUT2D eigenvalue weighted by Crippen LogP contribution is 2.35. The van der Waals surface area contributed by atoms with Crippen LogP contribution in [0.15, 0.2) is 36.5 Å². The SMILES string of the molecule is CB(O)N(c1ccc(C(F)(F)F)cc1)c1nccc(OC(C)(C)C)c1C#N. The normalized spacial score (nSPS) is 11.7. The van der Waals surface area contributed by atoms with Crippen molar-refractivity contribution in [2.75, 3.05) is 4.81 Å². The molecule has 27 heavy (non-hydrogen) atoms. The van der Waals surface area contributed by atoms with Crippen molar-refractivity contribution in [1.29, 1.82) is 5.26 Å². The van der Waals surface area contributed by atoms with E-state index < -0.39 is 24.4 Å². The van der Waals surface area contributed by atoms with Crippen LogP contribution in [0.5, 0.6) is 5.75 Å². The summed E-state index contributed by atoms with van der Waals surface area (Å²) >= 11 is 0. The number of alkyl halides is 3. The average Bonchev–Trinajstić information content (AvgIpc) is 2.53. The van der Waals surface area contributed by atoms with Gasteiger partial charge in [-0.25, -0.2) is 4.98 Å². The van der Waals surface area contributed by atoms with Gasteiger partial charge in [-0.3, -0.25) is 0 Å². The molecule has 1 aromatic heterocycles. The van der Waals surface area contributed by atoms with Crippen molar-refractivity contribution in [2.45, 2.75) is 39.4 Å². The molecule has 1 heterocycles. The van der Waals surface area contributed by atoms with Crippen LogP contribution in [0.3, 0.4) is 0 Å². The molecule has 2 aromatic rings. The lowest BCUT2D eigenvalue weighted by Crippen LogP contribution is -2.34. The lowest BCUT2D eigenvalue weighted by Gasteiger charge is -2.28. The first kappa shape index (κ1) is 20.6. The van der Waals surface area contributed by atoms with Gasteiger partial charge in [-0.2, -0.15) is 18.4 Å². The van der Waals surface area contributed by atoms with Crippen molar-refractivity contribution in [2.24, 2.45) is 0 Å². The van der Waals surface area contributed by atoms with Gasteiger partial charge in [0.05, 0.1) is 5.56 Å². The van der Waals surface area contributed by atoms with E-state index in [1.54, 1.807) is 0 Å². The second-order valence-electron chi connectivity index (χ2n) is 6.88. The minimum atomic E-state index is -4.47. The molecule has 0 amide bonds. The summed E-state index contributed by atoms with van der Waals surface area (Å²) in [6.45, 7) is 6.88. The molecule has 0 bridgehead atoms. The number of benzene rings is 1. The summed E-state index contributed by atoms with van der Waals surface area (Å²) in [7, 11) is -1.15. The number of pyridine rings is 1. The highest BCUT2D eigenvalue weighted by molar-refractivity contribution is 6.55. The number of anilines is 2. The number of ether oxygens (including phenoxy) is 1. The Balaban J connectivity index is 2.55. The number of hydrogen-bond acceptors (Lipinski definition) is 5. The zero-order valence-electron chi connectivity index (χ0n) is 15.4. The van der Waals surface area contributed by atoms with E-state index in [0.29, 0.717) is 0 Å². The van der Waals surface area contributed by atoms with Crippen molar-refractivity contribution in [3.8, 4) is 11.8 Å². The molecule has 0 unspecified atom stereocenters. The maximum atomic E-state index is 12.8. The van der Waals surface area contributed by atoms with Gasteiger partial charge < -0.3 is 14.6 Å². The molecular formula is C18H19BF3N3O2. The quantitative estimate of drug-likeness (QED) is 0.800. The molecule has 0 saturated carbocycles. The molecule has 1 aromatic carbocycles. The van der Waals surface area contributed by atoms with Gasteiger partial charge in [0.2, 0.25) is 0 Å².